The van der Waals surface area contributed by atoms with E-state index in [-0.39, 0.29) is 18.1 Å². The molecular weight excluding hydrogens is 318 g/mol. The first-order chi connectivity index (χ1) is 12.2. The number of likely N-dealkylation sites (N-methyl/N-ethyl adjacent to an activating group) is 1. The summed E-state index contributed by atoms with van der Waals surface area (Å²) >= 11 is 0. The predicted octanol–water partition coefficient (Wildman–Crippen LogP) is 2.09. The molecule has 2 aromatic rings. The summed E-state index contributed by atoms with van der Waals surface area (Å²) < 4.78 is 11.3. The summed E-state index contributed by atoms with van der Waals surface area (Å²) in [6.07, 6.45) is 2.53. The zero-order valence-electron chi connectivity index (χ0n) is 14.4. The fourth-order valence-electron chi connectivity index (χ4n) is 3.59. The first kappa shape index (κ1) is 15.9. The number of ether oxygens (including phenoxy) is 2. The maximum absolute atomic E-state index is 13.0. The van der Waals surface area contributed by atoms with Crippen LogP contribution in [0.4, 0.5) is 5.69 Å². The molecule has 3 heterocycles. The third-order valence-corrected chi connectivity index (χ3v) is 4.89. The smallest absolute Gasteiger partial charge is 0.244 e. The average Bonchev–Trinajstić information content (AvgIpc) is 3.04. The van der Waals surface area contributed by atoms with Gasteiger partial charge in [-0.2, -0.15) is 0 Å². The van der Waals surface area contributed by atoms with Gasteiger partial charge in [-0.1, -0.05) is 18.2 Å². The largest absolute Gasteiger partial charge is 0.487 e. The minimum absolute atomic E-state index is 0.0232. The van der Waals surface area contributed by atoms with Gasteiger partial charge in [-0.3, -0.25) is 9.69 Å². The minimum Gasteiger partial charge on any atom is -0.487 e. The first-order valence-electron chi connectivity index (χ1n) is 8.42. The summed E-state index contributed by atoms with van der Waals surface area (Å²) in [4.78, 5) is 21.2. The van der Waals surface area contributed by atoms with E-state index in [9.17, 15) is 4.79 Å². The van der Waals surface area contributed by atoms with E-state index in [1.807, 2.05) is 43.4 Å². The third kappa shape index (κ3) is 2.93. The molecule has 2 atom stereocenters. The van der Waals surface area contributed by atoms with Crippen LogP contribution in [-0.2, 0) is 11.3 Å². The Hall–Kier alpha value is -2.60. The number of para-hydroxylation sites is 2. The second-order valence-electron chi connectivity index (χ2n) is 6.49. The fraction of sp³-hybridized carbons (Fsp3) is 0.368. The molecule has 2 bridgehead atoms. The van der Waals surface area contributed by atoms with Gasteiger partial charge in [-0.15, -0.1) is 0 Å². The van der Waals surface area contributed by atoms with Crippen LogP contribution in [0.2, 0.25) is 0 Å². The van der Waals surface area contributed by atoms with Gasteiger partial charge in [0.15, 0.2) is 0 Å². The highest BCUT2D eigenvalue weighted by Gasteiger charge is 2.41. The molecule has 0 saturated carbocycles. The van der Waals surface area contributed by atoms with Crippen molar-refractivity contribution >= 4 is 11.6 Å². The van der Waals surface area contributed by atoms with Crippen LogP contribution >= 0.6 is 0 Å². The van der Waals surface area contributed by atoms with Crippen LogP contribution in [0.5, 0.6) is 11.6 Å². The summed E-state index contributed by atoms with van der Waals surface area (Å²) in [7, 11) is 3.42. The molecule has 0 N–H and O–H groups in total. The molecule has 130 valence electrons. The lowest BCUT2D eigenvalue weighted by atomic mass is 10.1. The van der Waals surface area contributed by atoms with Gasteiger partial charge in [-0.25, -0.2) is 4.98 Å². The molecule has 6 nitrogen and oxygen atoms in total. The highest BCUT2D eigenvalue weighted by molar-refractivity contribution is 5.98. The van der Waals surface area contributed by atoms with Crippen molar-refractivity contribution in [3.63, 3.8) is 0 Å². The van der Waals surface area contributed by atoms with Crippen molar-refractivity contribution in [2.45, 2.75) is 25.1 Å². The van der Waals surface area contributed by atoms with E-state index in [1.54, 1.807) is 18.2 Å². The molecule has 1 aromatic carbocycles. The summed E-state index contributed by atoms with van der Waals surface area (Å²) in [5, 5.41) is 0. The Kier molecular flexibility index (Phi) is 4.05. The van der Waals surface area contributed by atoms with Crippen LogP contribution in [0.3, 0.4) is 0 Å². The number of aromatic nitrogens is 1. The van der Waals surface area contributed by atoms with Crippen molar-refractivity contribution in [3.05, 3.63) is 48.2 Å². The molecule has 2 unspecified atom stereocenters. The predicted molar refractivity (Wildman–Crippen MR) is 93.9 cm³/mol. The van der Waals surface area contributed by atoms with Gasteiger partial charge in [0, 0.05) is 38.8 Å². The number of rotatable bonds is 3. The molecule has 25 heavy (non-hydrogen) atoms. The molecule has 1 fully saturated rings. The van der Waals surface area contributed by atoms with Crippen molar-refractivity contribution < 1.29 is 14.3 Å². The van der Waals surface area contributed by atoms with Crippen LogP contribution in [-0.4, -0.2) is 48.6 Å². The maximum atomic E-state index is 13.0. The summed E-state index contributed by atoms with van der Waals surface area (Å²) in [6.45, 7) is 1.39. The number of methoxy groups -OCH3 is 1. The van der Waals surface area contributed by atoms with Crippen molar-refractivity contribution in [2.24, 2.45) is 0 Å². The fourth-order valence-corrected chi connectivity index (χ4v) is 3.59. The highest BCUT2D eigenvalue weighted by atomic mass is 16.5. The number of carbonyl (C=O) groups excluding carboxylic acids is 1. The van der Waals surface area contributed by atoms with E-state index in [2.05, 4.69) is 9.88 Å². The molecule has 1 saturated heterocycles. The number of likely N-dealkylation sites (tertiary alicyclic amines) is 1. The molecule has 1 amide bonds. The monoisotopic (exact) mass is 339 g/mol. The van der Waals surface area contributed by atoms with E-state index >= 15 is 0 Å². The topological polar surface area (TPSA) is 54.9 Å². The molecule has 2 aliphatic heterocycles. The SMILES string of the molecule is COc1ccc(CN2CC3CC2C(=O)N(C)c2ccccc2O3)cn1. The lowest BCUT2D eigenvalue weighted by molar-refractivity contribution is -0.122. The van der Waals surface area contributed by atoms with E-state index in [0.717, 1.165) is 23.5 Å². The van der Waals surface area contributed by atoms with Crippen LogP contribution < -0.4 is 14.4 Å². The van der Waals surface area contributed by atoms with E-state index in [1.165, 1.54) is 0 Å². The molecule has 0 aliphatic carbocycles. The van der Waals surface area contributed by atoms with Crippen LogP contribution in [0.15, 0.2) is 42.6 Å². The summed E-state index contributed by atoms with van der Waals surface area (Å²) in [5.74, 6) is 1.47. The van der Waals surface area contributed by atoms with E-state index < -0.39 is 0 Å². The van der Waals surface area contributed by atoms with Crippen molar-refractivity contribution in [2.75, 3.05) is 25.6 Å². The number of hydrogen-bond acceptors (Lipinski definition) is 5. The second-order valence-corrected chi connectivity index (χ2v) is 6.49. The number of benzene rings is 1. The molecule has 6 heteroatoms. The molecule has 0 radical (unpaired) electrons. The number of fused-ring (bicyclic) bond motifs is 3. The molecular formula is C19H21N3O3. The molecule has 2 aliphatic rings. The standard InChI is InChI=1S/C19H21N3O3/c1-21-15-5-3-4-6-17(15)25-14-9-16(19(21)23)22(12-14)11-13-7-8-18(24-2)20-10-13/h3-8,10,14,16H,9,11-12H2,1-2H3. The Labute approximate surface area is 147 Å². The normalized spacial score (nSPS) is 22.8. The van der Waals surface area contributed by atoms with Crippen molar-refractivity contribution in [1.82, 2.24) is 9.88 Å². The lowest BCUT2D eigenvalue weighted by Crippen LogP contribution is -2.44. The molecule has 4 rings (SSSR count). The van der Waals surface area contributed by atoms with Gasteiger partial charge in [0.1, 0.15) is 11.9 Å². The van der Waals surface area contributed by atoms with E-state index in [4.69, 9.17) is 9.47 Å². The zero-order valence-corrected chi connectivity index (χ0v) is 14.4. The number of amides is 1. The van der Waals surface area contributed by atoms with Crippen molar-refractivity contribution in [1.29, 1.82) is 0 Å². The molecule has 0 spiro atoms. The Bertz CT molecular complexity index is 778. The number of nitrogens with zero attached hydrogens (tertiary/aromatic N) is 3. The van der Waals surface area contributed by atoms with Gasteiger partial charge in [-0.05, 0) is 17.7 Å². The Morgan fingerprint density at radius 1 is 1.28 bits per heavy atom. The molecule has 1 aromatic heterocycles. The first-order valence-corrected chi connectivity index (χ1v) is 8.42. The highest BCUT2D eigenvalue weighted by Crippen LogP contribution is 2.35. The second kappa shape index (κ2) is 6.37. The van der Waals surface area contributed by atoms with Gasteiger partial charge in [0.2, 0.25) is 11.8 Å². The van der Waals surface area contributed by atoms with Crippen LogP contribution in [0.25, 0.3) is 0 Å². The average molecular weight is 339 g/mol. The van der Waals surface area contributed by atoms with Gasteiger partial charge in [0.05, 0.1) is 18.8 Å². The lowest BCUT2D eigenvalue weighted by Gasteiger charge is -2.29. The van der Waals surface area contributed by atoms with Gasteiger partial charge < -0.3 is 14.4 Å². The number of hydrogen-bond donors (Lipinski definition) is 0. The van der Waals surface area contributed by atoms with Gasteiger partial charge >= 0.3 is 0 Å². The Morgan fingerprint density at radius 3 is 2.88 bits per heavy atom. The number of pyridine rings is 1. The van der Waals surface area contributed by atoms with Gasteiger partial charge in [0.25, 0.3) is 0 Å². The minimum atomic E-state index is -0.176. The summed E-state index contributed by atoms with van der Waals surface area (Å²) in [5.41, 5.74) is 1.88. The van der Waals surface area contributed by atoms with E-state index in [0.29, 0.717) is 18.8 Å². The quantitative estimate of drug-likeness (QED) is 0.857. The maximum Gasteiger partial charge on any atom is 0.244 e. The summed E-state index contributed by atoms with van der Waals surface area (Å²) in [6, 6.07) is 11.4. The Morgan fingerprint density at radius 2 is 2.12 bits per heavy atom. The van der Waals surface area contributed by atoms with Crippen molar-refractivity contribution in [3.8, 4) is 11.6 Å². The number of carbonyl (C=O) groups is 1. The van der Waals surface area contributed by atoms with Crippen LogP contribution in [0, 0.1) is 0 Å². The number of anilines is 1. The van der Waals surface area contributed by atoms with Crippen LogP contribution in [0.1, 0.15) is 12.0 Å². The zero-order chi connectivity index (χ0) is 17.4. The Balaban J connectivity index is 1.58. The third-order valence-electron chi connectivity index (χ3n) is 4.89.